The highest BCUT2D eigenvalue weighted by Gasteiger charge is 2.16. The maximum Gasteiger partial charge on any atom is 0.0323 e. The highest BCUT2D eigenvalue weighted by molar-refractivity contribution is 9.10. The molecule has 1 N–H and O–H groups in total. The Balaban J connectivity index is 0.00000112. The molecule has 1 aromatic carbocycles. The normalized spacial score (nSPS) is 20.8. The summed E-state index contributed by atoms with van der Waals surface area (Å²) in [6, 6.07) is 7.12. The second-order valence-electron chi connectivity index (χ2n) is 4.00. The lowest BCUT2D eigenvalue weighted by Crippen LogP contribution is -2.27. The van der Waals surface area contributed by atoms with Crippen LogP contribution < -0.4 is 5.32 Å². The van der Waals surface area contributed by atoms with E-state index in [1.807, 2.05) is 0 Å². The van der Waals surface area contributed by atoms with Crippen LogP contribution in [0.5, 0.6) is 0 Å². The van der Waals surface area contributed by atoms with E-state index in [-0.39, 0.29) is 12.4 Å². The Labute approximate surface area is 106 Å². The van der Waals surface area contributed by atoms with Crippen molar-refractivity contribution in [2.24, 2.45) is 0 Å². The van der Waals surface area contributed by atoms with Gasteiger partial charge in [-0.2, -0.15) is 0 Å². The molecule has 1 aliphatic heterocycles. The molecule has 15 heavy (non-hydrogen) atoms. The standard InChI is InChI=1S/C12H16BrN.ClH/c1-9-5-6-10(13)8-11(9)12-4-2-3-7-14-12;/h5-6,8,12,14H,2-4,7H2,1H3;1H/t12-;/m0./s1. The zero-order chi connectivity index (χ0) is 9.97. The highest BCUT2D eigenvalue weighted by Crippen LogP contribution is 2.27. The molecule has 0 radical (unpaired) electrons. The van der Waals surface area contributed by atoms with Gasteiger partial charge in [0, 0.05) is 10.5 Å². The second-order valence-corrected chi connectivity index (χ2v) is 4.92. The first-order chi connectivity index (χ1) is 6.77. The third-order valence-electron chi connectivity index (χ3n) is 2.93. The zero-order valence-electron chi connectivity index (χ0n) is 8.92. The van der Waals surface area contributed by atoms with Gasteiger partial charge < -0.3 is 5.32 Å². The largest absolute Gasteiger partial charge is 0.310 e. The minimum absolute atomic E-state index is 0. The lowest BCUT2D eigenvalue weighted by molar-refractivity contribution is 0.411. The van der Waals surface area contributed by atoms with Gasteiger partial charge in [-0.15, -0.1) is 12.4 Å². The molecule has 0 spiro atoms. The Kier molecular flexibility index (Phi) is 5.10. The van der Waals surface area contributed by atoms with Crippen molar-refractivity contribution >= 4 is 28.3 Å². The van der Waals surface area contributed by atoms with E-state index in [2.05, 4.69) is 46.4 Å². The number of aryl methyl sites for hydroxylation is 1. The van der Waals surface area contributed by atoms with Gasteiger partial charge >= 0.3 is 0 Å². The second kappa shape index (κ2) is 5.88. The fourth-order valence-electron chi connectivity index (χ4n) is 2.10. The smallest absolute Gasteiger partial charge is 0.0323 e. The van der Waals surface area contributed by atoms with Crippen LogP contribution in [0.3, 0.4) is 0 Å². The van der Waals surface area contributed by atoms with Crippen molar-refractivity contribution in [3.05, 3.63) is 33.8 Å². The third-order valence-corrected chi connectivity index (χ3v) is 3.42. The van der Waals surface area contributed by atoms with Crippen LogP contribution >= 0.6 is 28.3 Å². The Bertz CT molecular complexity index is 321. The number of benzene rings is 1. The van der Waals surface area contributed by atoms with Crippen LogP contribution in [0.2, 0.25) is 0 Å². The van der Waals surface area contributed by atoms with Gasteiger partial charge in [-0.25, -0.2) is 0 Å². The fraction of sp³-hybridized carbons (Fsp3) is 0.500. The first-order valence-electron chi connectivity index (χ1n) is 5.27. The summed E-state index contributed by atoms with van der Waals surface area (Å²) in [4.78, 5) is 0. The third kappa shape index (κ3) is 3.20. The molecule has 0 amide bonds. The molecule has 1 atom stereocenters. The fourth-order valence-corrected chi connectivity index (χ4v) is 2.48. The predicted molar refractivity (Wildman–Crippen MR) is 70.7 cm³/mol. The van der Waals surface area contributed by atoms with Gasteiger partial charge in [-0.3, -0.25) is 0 Å². The lowest BCUT2D eigenvalue weighted by atomic mass is 9.94. The van der Waals surface area contributed by atoms with E-state index in [0.717, 1.165) is 6.54 Å². The monoisotopic (exact) mass is 289 g/mol. The zero-order valence-corrected chi connectivity index (χ0v) is 11.3. The first kappa shape index (κ1) is 13.0. The maximum absolute atomic E-state index is 3.58. The van der Waals surface area contributed by atoms with Crippen LogP contribution in [0.15, 0.2) is 22.7 Å². The SMILES string of the molecule is Cc1ccc(Br)cc1[C@@H]1CCCCN1.Cl. The number of hydrogen-bond acceptors (Lipinski definition) is 1. The van der Waals surface area contributed by atoms with Crippen molar-refractivity contribution in [1.82, 2.24) is 5.32 Å². The quantitative estimate of drug-likeness (QED) is 0.824. The molecule has 1 aromatic rings. The van der Waals surface area contributed by atoms with Crippen molar-refractivity contribution in [1.29, 1.82) is 0 Å². The number of hydrogen-bond donors (Lipinski definition) is 1. The molecule has 0 aromatic heterocycles. The minimum Gasteiger partial charge on any atom is -0.310 e. The Hall–Kier alpha value is -0.0500. The predicted octanol–water partition coefficient (Wildman–Crippen LogP) is 3.99. The van der Waals surface area contributed by atoms with E-state index in [1.54, 1.807) is 0 Å². The summed E-state index contributed by atoms with van der Waals surface area (Å²) in [7, 11) is 0. The molecule has 1 nitrogen and oxygen atoms in total. The van der Waals surface area contributed by atoms with Crippen molar-refractivity contribution in [2.75, 3.05) is 6.54 Å². The van der Waals surface area contributed by atoms with Crippen LogP contribution in [0.1, 0.15) is 36.4 Å². The molecule has 1 aliphatic rings. The van der Waals surface area contributed by atoms with Crippen molar-refractivity contribution < 1.29 is 0 Å². The molecule has 0 saturated carbocycles. The van der Waals surface area contributed by atoms with Crippen LogP contribution in [0, 0.1) is 6.92 Å². The van der Waals surface area contributed by atoms with Crippen LogP contribution in [-0.4, -0.2) is 6.54 Å². The molecule has 2 rings (SSSR count). The Morgan fingerprint density at radius 1 is 1.33 bits per heavy atom. The first-order valence-corrected chi connectivity index (χ1v) is 6.06. The van der Waals surface area contributed by atoms with E-state index in [0.29, 0.717) is 6.04 Å². The van der Waals surface area contributed by atoms with Gasteiger partial charge in [0.2, 0.25) is 0 Å². The van der Waals surface area contributed by atoms with E-state index in [1.165, 1.54) is 34.9 Å². The van der Waals surface area contributed by atoms with Gasteiger partial charge in [0.05, 0.1) is 0 Å². The molecular formula is C12H17BrClN. The molecule has 0 aliphatic carbocycles. The van der Waals surface area contributed by atoms with Gasteiger partial charge in [0.1, 0.15) is 0 Å². The maximum atomic E-state index is 3.58. The van der Waals surface area contributed by atoms with Gasteiger partial charge in [0.15, 0.2) is 0 Å². The van der Waals surface area contributed by atoms with Crippen molar-refractivity contribution in [3.8, 4) is 0 Å². The summed E-state index contributed by atoms with van der Waals surface area (Å²) in [5, 5.41) is 3.58. The highest BCUT2D eigenvalue weighted by atomic mass is 79.9. The van der Waals surface area contributed by atoms with Crippen LogP contribution in [0.25, 0.3) is 0 Å². The topological polar surface area (TPSA) is 12.0 Å². The molecule has 0 bridgehead atoms. The van der Waals surface area contributed by atoms with Gasteiger partial charge in [-0.05, 0) is 49.6 Å². The summed E-state index contributed by atoms with van der Waals surface area (Å²) >= 11 is 3.54. The summed E-state index contributed by atoms with van der Waals surface area (Å²) < 4.78 is 1.19. The molecule has 84 valence electrons. The van der Waals surface area contributed by atoms with Gasteiger partial charge in [-0.1, -0.05) is 28.4 Å². The molecule has 0 unspecified atom stereocenters. The van der Waals surface area contributed by atoms with Gasteiger partial charge in [0.25, 0.3) is 0 Å². The van der Waals surface area contributed by atoms with E-state index in [9.17, 15) is 0 Å². The summed E-state index contributed by atoms with van der Waals surface area (Å²) in [5.74, 6) is 0. The molecule has 1 heterocycles. The number of rotatable bonds is 1. The molecule has 1 fully saturated rings. The van der Waals surface area contributed by atoms with E-state index in [4.69, 9.17) is 0 Å². The molecule has 3 heteroatoms. The van der Waals surface area contributed by atoms with E-state index >= 15 is 0 Å². The number of nitrogens with one attached hydrogen (secondary N) is 1. The summed E-state index contributed by atoms with van der Waals surface area (Å²) in [6.45, 7) is 3.36. The van der Waals surface area contributed by atoms with Crippen molar-refractivity contribution in [2.45, 2.75) is 32.2 Å². The average Bonchev–Trinajstić information content (AvgIpc) is 2.23. The van der Waals surface area contributed by atoms with Crippen LogP contribution in [-0.2, 0) is 0 Å². The summed E-state index contributed by atoms with van der Waals surface area (Å²) in [5.41, 5.74) is 2.85. The lowest BCUT2D eigenvalue weighted by Gasteiger charge is -2.25. The molecule has 1 saturated heterocycles. The van der Waals surface area contributed by atoms with Crippen LogP contribution in [0.4, 0.5) is 0 Å². The summed E-state index contributed by atoms with van der Waals surface area (Å²) in [6.07, 6.45) is 3.95. The van der Waals surface area contributed by atoms with Crippen molar-refractivity contribution in [3.63, 3.8) is 0 Å². The Morgan fingerprint density at radius 3 is 2.80 bits per heavy atom. The molecular weight excluding hydrogens is 273 g/mol. The number of halogens is 2. The van der Waals surface area contributed by atoms with E-state index < -0.39 is 0 Å². The minimum atomic E-state index is 0. The average molecular weight is 291 g/mol. The number of piperidine rings is 1. The Morgan fingerprint density at radius 2 is 2.13 bits per heavy atom.